The molecule has 5 nitrogen and oxygen atoms in total. The molecule has 2 aromatic rings. The van der Waals surface area contributed by atoms with E-state index in [2.05, 4.69) is 38.7 Å². The molecule has 0 amide bonds. The lowest BCUT2D eigenvalue weighted by molar-refractivity contribution is 0.513. The van der Waals surface area contributed by atoms with Gasteiger partial charge in [-0.3, -0.25) is 0 Å². The van der Waals surface area contributed by atoms with Gasteiger partial charge in [0.05, 0.1) is 0 Å². The van der Waals surface area contributed by atoms with E-state index in [4.69, 9.17) is 0 Å². The van der Waals surface area contributed by atoms with E-state index >= 15 is 0 Å². The number of aryl methyl sites for hydroxylation is 1. The topological polar surface area (TPSA) is 55.6 Å². The van der Waals surface area contributed by atoms with Gasteiger partial charge < -0.3 is 9.88 Å². The number of hydrogen-bond donors (Lipinski definition) is 1. The number of nitrogens with zero attached hydrogens (tertiary/aromatic N) is 4. The number of imidazole rings is 1. The van der Waals surface area contributed by atoms with Gasteiger partial charge in [0.25, 0.3) is 0 Å². The summed E-state index contributed by atoms with van der Waals surface area (Å²) >= 11 is 0. The molecule has 0 spiro atoms. The van der Waals surface area contributed by atoms with Crippen molar-refractivity contribution in [2.24, 2.45) is 0 Å². The second-order valence-corrected chi connectivity index (χ2v) is 4.52. The standard InChI is InChI=1S/C14H21N5/c1-3-6-19-7-5-18-14(19)8-13(17-4-2)12-9-15-11-16-10-12/h5,7,9-11,13,17H,3-4,6,8H2,1-2H3. The Labute approximate surface area is 114 Å². The molecule has 1 atom stereocenters. The Balaban J connectivity index is 2.14. The summed E-state index contributed by atoms with van der Waals surface area (Å²) in [6.07, 6.45) is 11.2. The van der Waals surface area contributed by atoms with E-state index < -0.39 is 0 Å². The van der Waals surface area contributed by atoms with Crippen molar-refractivity contribution in [1.82, 2.24) is 24.8 Å². The molecule has 0 aliphatic heterocycles. The summed E-state index contributed by atoms with van der Waals surface area (Å²) in [7, 11) is 0. The van der Waals surface area contributed by atoms with Gasteiger partial charge in [-0.1, -0.05) is 13.8 Å². The van der Waals surface area contributed by atoms with Crippen LogP contribution in [-0.2, 0) is 13.0 Å². The highest BCUT2D eigenvalue weighted by Crippen LogP contribution is 2.16. The number of nitrogens with one attached hydrogen (secondary N) is 1. The van der Waals surface area contributed by atoms with E-state index in [1.165, 1.54) is 0 Å². The van der Waals surface area contributed by atoms with Crippen molar-refractivity contribution in [3.05, 3.63) is 42.5 Å². The summed E-state index contributed by atoms with van der Waals surface area (Å²) in [5.41, 5.74) is 1.11. The highest BCUT2D eigenvalue weighted by atomic mass is 15.1. The van der Waals surface area contributed by atoms with Crippen molar-refractivity contribution < 1.29 is 0 Å². The van der Waals surface area contributed by atoms with Gasteiger partial charge in [0.1, 0.15) is 12.2 Å². The first-order valence-corrected chi connectivity index (χ1v) is 6.83. The molecule has 0 saturated heterocycles. The minimum Gasteiger partial charge on any atom is -0.335 e. The Morgan fingerprint density at radius 3 is 2.74 bits per heavy atom. The lowest BCUT2D eigenvalue weighted by atomic mass is 10.1. The molecule has 0 aliphatic carbocycles. The van der Waals surface area contributed by atoms with E-state index in [0.717, 1.165) is 37.3 Å². The van der Waals surface area contributed by atoms with Crippen molar-refractivity contribution in [2.75, 3.05) is 6.54 Å². The fraction of sp³-hybridized carbons (Fsp3) is 0.500. The van der Waals surface area contributed by atoms with Gasteiger partial charge in [-0.25, -0.2) is 15.0 Å². The highest BCUT2D eigenvalue weighted by molar-refractivity contribution is 5.12. The van der Waals surface area contributed by atoms with Gasteiger partial charge in [-0.2, -0.15) is 0 Å². The fourth-order valence-electron chi connectivity index (χ4n) is 2.20. The molecule has 0 radical (unpaired) electrons. The molecule has 0 fully saturated rings. The minimum absolute atomic E-state index is 0.212. The number of aromatic nitrogens is 4. The number of rotatable bonds is 7. The van der Waals surface area contributed by atoms with Gasteiger partial charge in [0.15, 0.2) is 0 Å². The maximum atomic E-state index is 4.46. The molecule has 102 valence electrons. The molecule has 2 rings (SSSR count). The van der Waals surface area contributed by atoms with Crippen LogP contribution in [0.1, 0.15) is 37.7 Å². The monoisotopic (exact) mass is 259 g/mol. The maximum Gasteiger partial charge on any atom is 0.115 e. The first kappa shape index (κ1) is 13.7. The van der Waals surface area contributed by atoms with Gasteiger partial charge in [0.2, 0.25) is 0 Å². The Hall–Kier alpha value is -1.75. The van der Waals surface area contributed by atoms with Crippen LogP contribution in [0.4, 0.5) is 0 Å². The van der Waals surface area contributed by atoms with Crippen LogP contribution in [0.25, 0.3) is 0 Å². The minimum atomic E-state index is 0.212. The summed E-state index contributed by atoms with van der Waals surface area (Å²) in [6, 6.07) is 0.212. The van der Waals surface area contributed by atoms with Crippen LogP contribution in [-0.4, -0.2) is 26.1 Å². The normalized spacial score (nSPS) is 12.5. The van der Waals surface area contributed by atoms with E-state index in [1.807, 2.05) is 24.8 Å². The Bertz CT molecular complexity index is 480. The molecule has 19 heavy (non-hydrogen) atoms. The van der Waals surface area contributed by atoms with Crippen LogP contribution in [0.2, 0.25) is 0 Å². The van der Waals surface area contributed by atoms with E-state index in [0.29, 0.717) is 0 Å². The first-order chi connectivity index (χ1) is 9.35. The van der Waals surface area contributed by atoms with Crippen LogP contribution >= 0.6 is 0 Å². The smallest absolute Gasteiger partial charge is 0.115 e. The zero-order valence-corrected chi connectivity index (χ0v) is 11.6. The Morgan fingerprint density at radius 2 is 2.05 bits per heavy atom. The third kappa shape index (κ3) is 3.61. The Kier molecular flexibility index (Phi) is 5.03. The molecule has 0 aliphatic rings. The van der Waals surface area contributed by atoms with E-state index in [1.54, 1.807) is 6.33 Å². The lowest BCUT2D eigenvalue weighted by Crippen LogP contribution is -2.24. The molecular weight excluding hydrogens is 238 g/mol. The van der Waals surface area contributed by atoms with Crippen molar-refractivity contribution in [3.63, 3.8) is 0 Å². The van der Waals surface area contributed by atoms with Crippen molar-refractivity contribution in [3.8, 4) is 0 Å². The summed E-state index contributed by atoms with van der Waals surface area (Å²) in [4.78, 5) is 12.7. The predicted molar refractivity (Wildman–Crippen MR) is 74.7 cm³/mol. The zero-order valence-electron chi connectivity index (χ0n) is 11.6. The maximum absolute atomic E-state index is 4.46. The van der Waals surface area contributed by atoms with Gasteiger partial charge in [-0.15, -0.1) is 0 Å². The molecule has 2 heterocycles. The first-order valence-electron chi connectivity index (χ1n) is 6.83. The molecule has 1 N–H and O–H groups in total. The molecule has 0 bridgehead atoms. The molecule has 5 heteroatoms. The predicted octanol–water partition coefficient (Wildman–Crippen LogP) is 1.98. The van der Waals surface area contributed by atoms with Crippen LogP contribution < -0.4 is 5.32 Å². The summed E-state index contributed by atoms with van der Waals surface area (Å²) in [5, 5.41) is 3.47. The van der Waals surface area contributed by atoms with E-state index in [9.17, 15) is 0 Å². The van der Waals surface area contributed by atoms with Crippen LogP contribution in [0.3, 0.4) is 0 Å². The highest BCUT2D eigenvalue weighted by Gasteiger charge is 2.14. The molecular formula is C14H21N5. The average molecular weight is 259 g/mol. The second-order valence-electron chi connectivity index (χ2n) is 4.52. The third-order valence-corrected chi connectivity index (χ3v) is 3.09. The number of hydrogen-bond acceptors (Lipinski definition) is 4. The second kappa shape index (κ2) is 6.99. The summed E-state index contributed by atoms with van der Waals surface area (Å²) in [5.74, 6) is 1.11. The zero-order chi connectivity index (χ0) is 13.5. The Morgan fingerprint density at radius 1 is 1.26 bits per heavy atom. The lowest BCUT2D eigenvalue weighted by Gasteiger charge is -2.18. The summed E-state index contributed by atoms with van der Waals surface area (Å²) in [6.45, 7) is 6.21. The van der Waals surface area contributed by atoms with Gasteiger partial charge >= 0.3 is 0 Å². The molecule has 0 aromatic carbocycles. The third-order valence-electron chi connectivity index (χ3n) is 3.09. The quantitative estimate of drug-likeness (QED) is 0.826. The van der Waals surface area contributed by atoms with E-state index in [-0.39, 0.29) is 6.04 Å². The number of likely N-dealkylation sites (N-methyl/N-ethyl adjacent to an activating group) is 1. The van der Waals surface area contributed by atoms with Crippen molar-refractivity contribution in [2.45, 2.75) is 39.3 Å². The molecule has 2 aromatic heterocycles. The van der Waals surface area contributed by atoms with Crippen molar-refractivity contribution >= 4 is 0 Å². The van der Waals surface area contributed by atoms with Gasteiger partial charge in [0, 0.05) is 49.4 Å². The molecule has 1 unspecified atom stereocenters. The SMILES string of the molecule is CCCn1ccnc1CC(NCC)c1cncnc1. The van der Waals surface area contributed by atoms with Crippen LogP contribution in [0.15, 0.2) is 31.1 Å². The largest absolute Gasteiger partial charge is 0.335 e. The average Bonchev–Trinajstić information content (AvgIpc) is 2.87. The fourth-order valence-corrected chi connectivity index (χ4v) is 2.20. The van der Waals surface area contributed by atoms with Crippen molar-refractivity contribution in [1.29, 1.82) is 0 Å². The molecule has 0 saturated carbocycles. The van der Waals surface area contributed by atoms with Crippen LogP contribution in [0, 0.1) is 0 Å². The van der Waals surface area contributed by atoms with Crippen LogP contribution in [0.5, 0.6) is 0 Å². The van der Waals surface area contributed by atoms with Gasteiger partial charge in [-0.05, 0) is 13.0 Å². The summed E-state index contributed by atoms with van der Waals surface area (Å²) < 4.78 is 2.22.